The Bertz CT molecular complexity index is 365. The molecule has 4 heteroatoms. The fraction of sp³-hybridized carbons (Fsp3) is 0.267. The predicted octanol–water partition coefficient (Wildman–Crippen LogP) is 3.54. The van der Waals surface area contributed by atoms with Crippen LogP contribution in [0.2, 0.25) is 0 Å². The van der Waals surface area contributed by atoms with Gasteiger partial charge in [0, 0.05) is 27.3 Å². The van der Waals surface area contributed by atoms with Gasteiger partial charge in [0.05, 0.1) is 0 Å². The zero-order valence-corrected chi connectivity index (χ0v) is 13.5. The minimum atomic E-state index is 0. The molecule has 0 saturated heterocycles. The van der Waals surface area contributed by atoms with Crippen molar-refractivity contribution in [2.45, 2.75) is 0 Å². The monoisotopic (exact) mass is 435 g/mol. The smallest absolute Gasteiger partial charge is 0.0160 e. The molecule has 0 bridgehead atoms. The van der Waals surface area contributed by atoms with E-state index < -0.39 is 0 Å². The summed E-state index contributed by atoms with van der Waals surface area (Å²) in [6.07, 6.45) is 1.79. The summed E-state index contributed by atoms with van der Waals surface area (Å²) in [6, 6.07) is 16.8. The molecule has 2 aromatic rings. The fourth-order valence-corrected chi connectivity index (χ4v) is 1.27. The van der Waals surface area contributed by atoms with Gasteiger partial charge in [-0.1, -0.05) is 12.1 Å². The van der Waals surface area contributed by atoms with E-state index in [1.807, 2.05) is 42.5 Å². The second-order valence-electron chi connectivity index (χ2n) is 3.57. The molecule has 0 amide bonds. The minimum absolute atomic E-state index is 0. The van der Waals surface area contributed by atoms with Crippen molar-refractivity contribution in [3.63, 3.8) is 0 Å². The van der Waals surface area contributed by atoms with E-state index in [1.54, 1.807) is 20.3 Å². The summed E-state index contributed by atoms with van der Waals surface area (Å²) in [6.45, 7) is 1.74. The zero-order valence-electron chi connectivity index (χ0n) is 11.2. The van der Waals surface area contributed by atoms with Crippen LogP contribution in [0.3, 0.4) is 0 Å². The zero-order chi connectivity index (χ0) is 13.1. The number of hydrogen-bond donors (Lipinski definition) is 0. The third-order valence-electron chi connectivity index (χ3n) is 2.20. The summed E-state index contributed by atoms with van der Waals surface area (Å²) in [7, 11) is 3.59. The van der Waals surface area contributed by atoms with Crippen molar-refractivity contribution in [3.8, 4) is 11.3 Å². The van der Waals surface area contributed by atoms with Crippen LogP contribution in [-0.4, -0.2) is 32.2 Å². The Kier molecular flexibility index (Phi) is 11.4. The van der Waals surface area contributed by atoms with Gasteiger partial charge in [-0.2, -0.15) is 27.2 Å². The molecule has 19 heavy (non-hydrogen) atoms. The quantitative estimate of drug-likeness (QED) is 0.535. The van der Waals surface area contributed by atoms with E-state index in [1.165, 1.54) is 0 Å². The van der Waals surface area contributed by atoms with Crippen LogP contribution in [0.4, 0.5) is 0 Å². The standard InChI is InChI=1S/C11H8N.C4H10N2.Pt/c1-2-6-10(7-3-1)11-8-4-5-9-12-11;1-5-3-4-6-2;/h1-6,8-9H;3-4H2,1-2H3;/q-1;-2;. The largest absolute Gasteiger partial charge is 0.666 e. The second-order valence-corrected chi connectivity index (χ2v) is 3.57. The van der Waals surface area contributed by atoms with Crippen LogP contribution >= 0.6 is 0 Å². The van der Waals surface area contributed by atoms with Crippen LogP contribution in [0.1, 0.15) is 0 Å². The van der Waals surface area contributed by atoms with Crippen molar-refractivity contribution < 1.29 is 21.1 Å². The molecule has 0 aliphatic heterocycles. The van der Waals surface area contributed by atoms with Gasteiger partial charge < -0.3 is 15.6 Å². The van der Waals surface area contributed by atoms with Gasteiger partial charge in [0.2, 0.25) is 0 Å². The van der Waals surface area contributed by atoms with Crippen LogP contribution < -0.4 is 0 Å². The van der Waals surface area contributed by atoms with E-state index >= 15 is 0 Å². The molecule has 0 radical (unpaired) electrons. The van der Waals surface area contributed by atoms with Gasteiger partial charge in [0.25, 0.3) is 0 Å². The molecule has 1 heterocycles. The number of rotatable bonds is 4. The van der Waals surface area contributed by atoms with Crippen molar-refractivity contribution in [2.24, 2.45) is 0 Å². The third kappa shape index (κ3) is 7.89. The predicted molar refractivity (Wildman–Crippen MR) is 76.8 cm³/mol. The minimum Gasteiger partial charge on any atom is -0.666 e. The Morgan fingerprint density at radius 2 is 1.68 bits per heavy atom. The molecule has 0 saturated carbocycles. The number of aromatic nitrogens is 1. The molecule has 1 aromatic heterocycles. The molecule has 106 valence electrons. The van der Waals surface area contributed by atoms with E-state index in [4.69, 9.17) is 0 Å². The van der Waals surface area contributed by atoms with E-state index in [2.05, 4.69) is 21.7 Å². The number of hydrogen-bond acceptors (Lipinski definition) is 1. The summed E-state index contributed by atoms with van der Waals surface area (Å²) < 4.78 is 0. The van der Waals surface area contributed by atoms with E-state index in [-0.39, 0.29) is 21.1 Å². The number of nitrogens with zero attached hydrogens (tertiary/aromatic N) is 3. The topological polar surface area (TPSA) is 41.1 Å². The molecular formula is C15H18N3Pt-3. The Labute approximate surface area is 130 Å². The molecule has 0 atom stereocenters. The maximum absolute atomic E-state index is 4.22. The number of pyridine rings is 1. The third-order valence-corrected chi connectivity index (χ3v) is 2.20. The summed E-state index contributed by atoms with van der Waals surface area (Å²) in [4.78, 5) is 4.22. The first kappa shape index (κ1) is 18.0. The van der Waals surface area contributed by atoms with Crippen molar-refractivity contribution in [1.29, 1.82) is 0 Å². The SMILES string of the molecule is C[N-]CC[N-]C.[Pt].[c-]1ccccc1-c1ccccn1. The van der Waals surface area contributed by atoms with E-state index in [0.717, 1.165) is 24.3 Å². The Hall–Kier alpha value is -1.02. The molecule has 3 nitrogen and oxygen atoms in total. The molecule has 0 aliphatic rings. The van der Waals surface area contributed by atoms with Crippen LogP contribution in [0.25, 0.3) is 21.9 Å². The molecular weight excluding hydrogens is 417 g/mol. The molecule has 0 unspecified atom stereocenters. The van der Waals surface area contributed by atoms with Gasteiger partial charge in [-0.05, 0) is 11.8 Å². The van der Waals surface area contributed by atoms with Crippen molar-refractivity contribution in [3.05, 3.63) is 65.4 Å². The van der Waals surface area contributed by atoms with Crippen molar-refractivity contribution in [2.75, 3.05) is 27.2 Å². The normalized spacial score (nSPS) is 8.95. The number of benzene rings is 1. The summed E-state index contributed by atoms with van der Waals surface area (Å²) >= 11 is 0. The van der Waals surface area contributed by atoms with Gasteiger partial charge >= 0.3 is 0 Å². The van der Waals surface area contributed by atoms with Crippen molar-refractivity contribution >= 4 is 0 Å². The second kappa shape index (κ2) is 12.0. The van der Waals surface area contributed by atoms with Crippen LogP contribution in [0.5, 0.6) is 0 Å². The van der Waals surface area contributed by atoms with Gasteiger partial charge in [-0.25, -0.2) is 0 Å². The molecule has 0 N–H and O–H groups in total. The van der Waals surface area contributed by atoms with Gasteiger partial charge in [-0.15, -0.1) is 35.9 Å². The Morgan fingerprint density at radius 3 is 2.16 bits per heavy atom. The van der Waals surface area contributed by atoms with Gasteiger partial charge in [0.15, 0.2) is 0 Å². The maximum Gasteiger partial charge on any atom is 0.0160 e. The molecule has 0 spiro atoms. The fourth-order valence-electron chi connectivity index (χ4n) is 1.27. The maximum atomic E-state index is 4.22. The number of likely N-dealkylation sites (N-methyl/N-ethyl adjacent to an activating group) is 2. The first-order valence-electron chi connectivity index (χ1n) is 5.87. The van der Waals surface area contributed by atoms with Crippen molar-refractivity contribution in [1.82, 2.24) is 4.98 Å². The van der Waals surface area contributed by atoms with Crippen LogP contribution in [0.15, 0.2) is 48.7 Å². The van der Waals surface area contributed by atoms with Gasteiger partial charge in [-0.3, -0.25) is 0 Å². The van der Waals surface area contributed by atoms with E-state index in [9.17, 15) is 0 Å². The van der Waals surface area contributed by atoms with Crippen LogP contribution in [-0.2, 0) is 21.1 Å². The molecule has 0 fully saturated rings. The Balaban J connectivity index is 0.000000404. The molecule has 1 aromatic carbocycles. The summed E-state index contributed by atoms with van der Waals surface area (Å²) in [5.74, 6) is 0. The first-order chi connectivity index (χ1) is 8.88. The van der Waals surface area contributed by atoms with E-state index in [0.29, 0.717) is 0 Å². The van der Waals surface area contributed by atoms with Crippen LogP contribution in [0, 0.1) is 6.07 Å². The summed E-state index contributed by atoms with van der Waals surface area (Å²) in [5, 5.41) is 7.66. The first-order valence-corrected chi connectivity index (χ1v) is 5.87. The Morgan fingerprint density at radius 1 is 1.00 bits per heavy atom. The van der Waals surface area contributed by atoms with Gasteiger partial charge in [0.1, 0.15) is 0 Å². The molecule has 0 aliphatic carbocycles. The average Bonchev–Trinajstić information content (AvgIpc) is 2.48. The molecule has 2 rings (SSSR count). The average molecular weight is 435 g/mol. The summed E-state index contributed by atoms with van der Waals surface area (Å²) in [5.41, 5.74) is 2.01.